The van der Waals surface area contributed by atoms with E-state index in [1.54, 1.807) is 12.3 Å². The molecule has 1 aromatic carbocycles. The Bertz CT molecular complexity index is 791. The van der Waals surface area contributed by atoms with E-state index < -0.39 is 13.3 Å². The van der Waals surface area contributed by atoms with Gasteiger partial charge in [0.1, 0.15) is 0 Å². The van der Waals surface area contributed by atoms with Gasteiger partial charge in [-0.2, -0.15) is 0 Å². The van der Waals surface area contributed by atoms with Crippen molar-refractivity contribution in [2.45, 2.75) is 17.3 Å². The van der Waals surface area contributed by atoms with Crippen molar-refractivity contribution >= 4 is 60.8 Å². The third kappa shape index (κ3) is 2.18. The van der Waals surface area contributed by atoms with Crippen LogP contribution in [0.15, 0.2) is 24.4 Å². The van der Waals surface area contributed by atoms with Crippen LogP contribution < -0.4 is 4.40 Å². The van der Waals surface area contributed by atoms with E-state index in [4.69, 9.17) is 11.6 Å². The molecule has 0 aliphatic carbocycles. The average molecular weight is 354 g/mol. The summed E-state index contributed by atoms with van der Waals surface area (Å²) >= 11 is 5.42. The molecule has 1 nitrogen and oxygen atoms in total. The van der Waals surface area contributed by atoms with E-state index in [1.807, 2.05) is 12.1 Å². The summed E-state index contributed by atoms with van der Waals surface area (Å²) in [6.45, 7) is 0. The molecule has 2 aromatic heterocycles. The van der Waals surface area contributed by atoms with Crippen molar-refractivity contribution in [3.05, 3.63) is 35.4 Å². The maximum absolute atomic E-state index is 14.2. The van der Waals surface area contributed by atoms with Crippen molar-refractivity contribution in [3.8, 4) is 0 Å². The summed E-state index contributed by atoms with van der Waals surface area (Å²) in [4.78, 5) is 4.09. The van der Waals surface area contributed by atoms with Gasteiger partial charge in [-0.25, -0.2) is 0 Å². The third-order valence-corrected chi connectivity index (χ3v) is 9.01. The molecule has 0 aliphatic heterocycles. The topological polar surface area (TPSA) is 12.9 Å². The third-order valence-electron chi connectivity index (χ3n) is 3.24. The number of benzene rings is 1. The first kappa shape index (κ1) is 13.3. The molecule has 0 fully saturated rings. The molecule has 0 bridgehead atoms. The van der Waals surface area contributed by atoms with Crippen LogP contribution in [0.2, 0.25) is 22.4 Å². The minimum atomic E-state index is -2.20. The Kier molecular flexibility index (Phi) is 3.11. The predicted molar refractivity (Wildman–Crippen MR) is 85.1 cm³/mol. The number of halogens is 2. The second-order valence-electron chi connectivity index (χ2n) is 5.66. The van der Waals surface area contributed by atoms with Crippen LogP contribution in [0.5, 0.6) is 0 Å². The number of fused-ring (bicyclic) bond motifs is 3. The molecule has 3 aromatic rings. The molecule has 19 heavy (non-hydrogen) atoms. The number of hydrogen-bond acceptors (Lipinski definition) is 2. The fourth-order valence-corrected chi connectivity index (χ4v) is 6.49. The molecule has 0 aliphatic rings. The molecule has 0 unspecified atom stereocenters. The van der Waals surface area contributed by atoms with Gasteiger partial charge < -0.3 is 0 Å². The van der Waals surface area contributed by atoms with Crippen LogP contribution in [-0.2, 0) is 0 Å². The van der Waals surface area contributed by atoms with Crippen LogP contribution >= 0.6 is 22.9 Å². The van der Waals surface area contributed by atoms with Crippen molar-refractivity contribution in [2.24, 2.45) is 0 Å². The summed E-state index contributed by atoms with van der Waals surface area (Å²) in [6.07, 6.45) is 1.71. The zero-order valence-corrected chi connectivity index (χ0v) is 14.6. The molecule has 98 valence electrons. The summed E-state index contributed by atoms with van der Waals surface area (Å²) in [5.74, 6) is 6.53. The molecule has 0 amide bonds. The van der Waals surface area contributed by atoms with Gasteiger partial charge >= 0.3 is 123 Å². The van der Waals surface area contributed by atoms with Crippen molar-refractivity contribution in [2.75, 3.05) is 0 Å². The standard InChI is InChI=1S/C14H13ClFGeNS/c1-17(2,3)11-6-9-8-4-5-18-14(15)13(8)19-12(9)7-10(11)16/h4-7H,1-3H3. The van der Waals surface area contributed by atoms with Gasteiger partial charge in [-0.15, -0.1) is 0 Å². The van der Waals surface area contributed by atoms with Gasteiger partial charge in [-0.1, -0.05) is 0 Å². The van der Waals surface area contributed by atoms with Crippen LogP contribution in [-0.4, -0.2) is 18.3 Å². The van der Waals surface area contributed by atoms with Gasteiger partial charge in [0, 0.05) is 0 Å². The Morgan fingerprint density at radius 3 is 2.63 bits per heavy atom. The normalized spacial score (nSPS) is 12.5. The molecule has 3 rings (SSSR count). The number of rotatable bonds is 1. The summed E-state index contributed by atoms with van der Waals surface area (Å²) < 4.78 is 17.1. The first-order valence-corrected chi connectivity index (χ1v) is 14.6. The molecular weight excluding hydrogens is 341 g/mol. The number of thiophene rings is 1. The summed E-state index contributed by atoms with van der Waals surface area (Å²) in [5, 5.41) is 2.67. The average Bonchev–Trinajstić information content (AvgIpc) is 2.66. The fraction of sp³-hybridized carbons (Fsp3) is 0.214. The molecule has 0 saturated carbocycles. The van der Waals surface area contributed by atoms with Gasteiger partial charge in [0.05, 0.1) is 0 Å². The zero-order chi connectivity index (χ0) is 13.8. The summed E-state index contributed by atoms with van der Waals surface area (Å²) in [6, 6.07) is 5.64. The van der Waals surface area contributed by atoms with E-state index in [0.717, 1.165) is 24.6 Å². The van der Waals surface area contributed by atoms with Crippen LogP contribution in [0.3, 0.4) is 0 Å². The molecule has 0 N–H and O–H groups in total. The van der Waals surface area contributed by atoms with Crippen molar-refractivity contribution in [1.29, 1.82) is 0 Å². The Morgan fingerprint density at radius 2 is 1.95 bits per heavy atom. The van der Waals surface area contributed by atoms with Crippen molar-refractivity contribution < 1.29 is 4.39 Å². The van der Waals surface area contributed by atoms with Crippen molar-refractivity contribution in [3.63, 3.8) is 0 Å². The number of pyridine rings is 1. The second kappa shape index (κ2) is 4.43. The molecular formula is C14H13ClFGeNS. The number of nitrogens with zero attached hydrogens (tertiary/aromatic N) is 1. The predicted octanol–water partition coefficient (Wildman–Crippen LogP) is 4.79. The van der Waals surface area contributed by atoms with E-state index >= 15 is 0 Å². The Hall–Kier alpha value is -0.647. The summed E-state index contributed by atoms with van der Waals surface area (Å²) in [7, 11) is 0. The van der Waals surface area contributed by atoms with Gasteiger partial charge in [-0.05, 0) is 0 Å². The minimum absolute atomic E-state index is 0.0735. The van der Waals surface area contributed by atoms with E-state index in [9.17, 15) is 4.39 Å². The van der Waals surface area contributed by atoms with Crippen LogP contribution in [0.4, 0.5) is 4.39 Å². The number of hydrogen-bond donors (Lipinski definition) is 0. The van der Waals surface area contributed by atoms with E-state index in [2.05, 4.69) is 22.3 Å². The molecule has 0 atom stereocenters. The Labute approximate surface area is 122 Å². The van der Waals surface area contributed by atoms with Crippen molar-refractivity contribution in [1.82, 2.24) is 4.98 Å². The quantitative estimate of drug-likeness (QED) is 0.452. The van der Waals surface area contributed by atoms with Crippen LogP contribution in [0, 0.1) is 5.82 Å². The van der Waals surface area contributed by atoms with E-state index in [-0.39, 0.29) is 5.82 Å². The second-order valence-corrected chi connectivity index (χ2v) is 17.6. The number of aromatic nitrogens is 1. The van der Waals surface area contributed by atoms with E-state index in [1.165, 1.54) is 11.3 Å². The SMILES string of the molecule is [CH3][Ge]([CH3])([CH3])[c]1cc2c(cc1F)sc1c(Cl)nccc12. The first-order chi connectivity index (χ1) is 8.88. The molecule has 0 radical (unpaired) electrons. The van der Waals surface area contributed by atoms with Gasteiger partial charge in [0.15, 0.2) is 0 Å². The van der Waals surface area contributed by atoms with Gasteiger partial charge in [0.2, 0.25) is 0 Å². The Morgan fingerprint density at radius 1 is 1.21 bits per heavy atom. The van der Waals surface area contributed by atoms with Crippen LogP contribution in [0.1, 0.15) is 0 Å². The molecule has 5 heteroatoms. The van der Waals surface area contributed by atoms with E-state index in [0.29, 0.717) is 5.15 Å². The zero-order valence-electron chi connectivity index (χ0n) is 10.9. The Balaban J connectivity index is 2.45. The molecule has 2 heterocycles. The van der Waals surface area contributed by atoms with Gasteiger partial charge in [-0.3, -0.25) is 0 Å². The maximum atomic E-state index is 14.2. The fourth-order valence-electron chi connectivity index (χ4n) is 2.27. The molecule has 0 spiro atoms. The first-order valence-electron chi connectivity index (χ1n) is 6.04. The van der Waals surface area contributed by atoms with Crippen LogP contribution in [0.25, 0.3) is 20.2 Å². The summed E-state index contributed by atoms with van der Waals surface area (Å²) in [5.41, 5.74) is 0. The molecule has 0 saturated heterocycles. The van der Waals surface area contributed by atoms with Gasteiger partial charge in [0.25, 0.3) is 0 Å². The monoisotopic (exact) mass is 355 g/mol.